The van der Waals surface area contributed by atoms with Crippen LogP contribution < -0.4 is 10.1 Å². The second kappa shape index (κ2) is 7.15. The zero-order chi connectivity index (χ0) is 18.7. The highest BCUT2D eigenvalue weighted by molar-refractivity contribution is 7.80. The SMILES string of the molecule is COc1ccc(NC(=S)N=Nc2c(O)[nH]c3ccc([N+](=O)[O-])cc23)cc1. The summed E-state index contributed by atoms with van der Waals surface area (Å²) in [6, 6.07) is 11.1. The molecule has 0 saturated heterocycles. The van der Waals surface area contributed by atoms with Crippen molar-refractivity contribution in [3.63, 3.8) is 0 Å². The van der Waals surface area contributed by atoms with E-state index in [1.54, 1.807) is 31.4 Å². The summed E-state index contributed by atoms with van der Waals surface area (Å²) in [4.78, 5) is 13.1. The first-order valence-corrected chi connectivity index (χ1v) is 7.74. The van der Waals surface area contributed by atoms with Crippen LogP contribution in [0.4, 0.5) is 17.1 Å². The summed E-state index contributed by atoms with van der Waals surface area (Å²) >= 11 is 5.10. The summed E-state index contributed by atoms with van der Waals surface area (Å²) in [5.74, 6) is 0.449. The first kappa shape index (κ1) is 17.3. The standard InChI is InChI=1S/C16H13N5O4S/c1-25-11-5-2-9(3-6-11)17-16(26)20-19-14-12-8-10(21(23)24)4-7-13(12)18-15(14)22/h2-8,18,22H,1H3,(H,17,26). The molecule has 0 aliphatic carbocycles. The van der Waals surface area contributed by atoms with Crippen LogP contribution in [0.25, 0.3) is 10.9 Å². The highest BCUT2D eigenvalue weighted by atomic mass is 32.1. The van der Waals surface area contributed by atoms with E-state index in [1.165, 1.54) is 18.2 Å². The molecule has 0 radical (unpaired) electrons. The van der Waals surface area contributed by atoms with Crippen molar-refractivity contribution in [2.24, 2.45) is 10.2 Å². The van der Waals surface area contributed by atoms with E-state index < -0.39 is 4.92 Å². The van der Waals surface area contributed by atoms with Crippen LogP contribution in [0.5, 0.6) is 11.6 Å². The molecule has 132 valence electrons. The first-order chi connectivity index (χ1) is 12.5. The maximum atomic E-state index is 10.9. The van der Waals surface area contributed by atoms with Gasteiger partial charge in [-0.05, 0) is 42.5 Å². The number of nitro benzene ring substituents is 1. The number of ether oxygens (including phenoxy) is 1. The van der Waals surface area contributed by atoms with Crippen molar-refractivity contribution in [3.8, 4) is 11.6 Å². The molecule has 2 aromatic carbocycles. The molecule has 1 aromatic heterocycles. The summed E-state index contributed by atoms with van der Waals surface area (Å²) < 4.78 is 5.07. The topological polar surface area (TPSA) is 125 Å². The molecular formula is C16H13N5O4S. The fourth-order valence-electron chi connectivity index (χ4n) is 2.28. The molecule has 26 heavy (non-hydrogen) atoms. The zero-order valence-corrected chi connectivity index (χ0v) is 14.3. The molecule has 1 heterocycles. The fraction of sp³-hybridized carbons (Fsp3) is 0.0625. The number of nitro groups is 1. The van der Waals surface area contributed by atoms with Gasteiger partial charge in [0.05, 0.1) is 17.5 Å². The van der Waals surface area contributed by atoms with Gasteiger partial charge < -0.3 is 20.1 Å². The minimum atomic E-state index is -0.528. The van der Waals surface area contributed by atoms with E-state index in [1.807, 2.05) is 0 Å². The monoisotopic (exact) mass is 371 g/mol. The van der Waals surface area contributed by atoms with Crippen molar-refractivity contribution in [2.75, 3.05) is 12.4 Å². The van der Waals surface area contributed by atoms with E-state index in [-0.39, 0.29) is 22.4 Å². The summed E-state index contributed by atoms with van der Waals surface area (Å²) in [6.45, 7) is 0. The maximum absolute atomic E-state index is 10.9. The third-order valence-corrected chi connectivity index (χ3v) is 3.71. The number of nitrogens with zero attached hydrogens (tertiary/aromatic N) is 3. The van der Waals surface area contributed by atoms with Crippen LogP contribution in [0, 0.1) is 10.1 Å². The summed E-state index contributed by atoms with van der Waals surface area (Å²) in [7, 11) is 1.57. The zero-order valence-electron chi connectivity index (χ0n) is 13.5. The van der Waals surface area contributed by atoms with E-state index >= 15 is 0 Å². The Morgan fingerprint density at radius 3 is 2.69 bits per heavy atom. The predicted octanol–water partition coefficient (Wildman–Crippen LogP) is 4.27. The van der Waals surface area contributed by atoms with E-state index in [9.17, 15) is 15.2 Å². The number of fused-ring (bicyclic) bond motifs is 1. The van der Waals surface area contributed by atoms with Crippen molar-refractivity contribution >= 4 is 45.3 Å². The number of benzene rings is 2. The molecule has 0 amide bonds. The number of H-pyrrole nitrogens is 1. The summed E-state index contributed by atoms with van der Waals surface area (Å²) in [5, 5.41) is 32.0. The number of anilines is 1. The Labute approximate surface area is 152 Å². The lowest BCUT2D eigenvalue weighted by Crippen LogP contribution is -2.04. The Morgan fingerprint density at radius 2 is 2.04 bits per heavy atom. The Balaban J connectivity index is 1.82. The first-order valence-electron chi connectivity index (χ1n) is 7.34. The highest BCUT2D eigenvalue weighted by Gasteiger charge is 2.15. The van der Waals surface area contributed by atoms with Crippen molar-refractivity contribution < 1.29 is 14.8 Å². The number of azo groups is 1. The quantitative estimate of drug-likeness (QED) is 0.272. The molecule has 0 atom stereocenters. The lowest BCUT2D eigenvalue weighted by atomic mass is 10.2. The summed E-state index contributed by atoms with van der Waals surface area (Å²) in [6.07, 6.45) is 0. The molecular weight excluding hydrogens is 358 g/mol. The van der Waals surface area contributed by atoms with Gasteiger partial charge in [-0.3, -0.25) is 10.1 Å². The number of methoxy groups -OCH3 is 1. The summed E-state index contributed by atoms with van der Waals surface area (Å²) in [5.41, 5.74) is 1.14. The Kier molecular flexibility index (Phi) is 4.76. The molecule has 3 aromatic rings. The van der Waals surface area contributed by atoms with Gasteiger partial charge in [-0.2, -0.15) is 0 Å². The Hall–Kier alpha value is -3.53. The average molecular weight is 371 g/mol. The van der Waals surface area contributed by atoms with Crippen LogP contribution in [0.3, 0.4) is 0 Å². The molecule has 3 rings (SSSR count). The average Bonchev–Trinajstić information content (AvgIpc) is 2.94. The van der Waals surface area contributed by atoms with Gasteiger partial charge in [0.25, 0.3) is 5.69 Å². The maximum Gasteiger partial charge on any atom is 0.270 e. The van der Waals surface area contributed by atoms with Gasteiger partial charge in [-0.25, -0.2) is 0 Å². The van der Waals surface area contributed by atoms with E-state index in [0.29, 0.717) is 22.3 Å². The third kappa shape index (κ3) is 3.59. The van der Waals surface area contributed by atoms with Gasteiger partial charge in [0.15, 0.2) is 5.69 Å². The minimum absolute atomic E-state index is 0.0642. The molecule has 10 heteroatoms. The van der Waals surface area contributed by atoms with Crippen molar-refractivity contribution in [3.05, 3.63) is 52.6 Å². The molecule has 3 N–H and O–H groups in total. The molecule has 0 aliphatic rings. The van der Waals surface area contributed by atoms with Gasteiger partial charge in [0.2, 0.25) is 11.0 Å². The lowest BCUT2D eigenvalue weighted by Gasteiger charge is -2.04. The van der Waals surface area contributed by atoms with Crippen molar-refractivity contribution in [1.82, 2.24) is 4.98 Å². The molecule has 0 fully saturated rings. The second-order valence-corrected chi connectivity index (χ2v) is 5.55. The van der Waals surface area contributed by atoms with Gasteiger partial charge in [-0.15, -0.1) is 10.2 Å². The van der Waals surface area contributed by atoms with E-state index in [0.717, 1.165) is 0 Å². The fourth-order valence-corrected chi connectivity index (χ4v) is 2.44. The van der Waals surface area contributed by atoms with Crippen molar-refractivity contribution in [1.29, 1.82) is 0 Å². The molecule has 0 aliphatic heterocycles. The Bertz CT molecular complexity index is 1010. The molecule has 0 saturated carbocycles. The van der Waals surface area contributed by atoms with Gasteiger partial charge >= 0.3 is 0 Å². The number of non-ortho nitro benzene ring substituents is 1. The van der Waals surface area contributed by atoms with Crippen LogP contribution in [0.1, 0.15) is 0 Å². The number of aromatic nitrogens is 1. The number of aromatic amines is 1. The largest absolute Gasteiger partial charge is 0.497 e. The number of hydrogen-bond donors (Lipinski definition) is 3. The van der Waals surface area contributed by atoms with Gasteiger partial charge in [0, 0.05) is 23.2 Å². The number of nitrogens with one attached hydrogen (secondary N) is 2. The molecule has 9 nitrogen and oxygen atoms in total. The minimum Gasteiger partial charge on any atom is -0.497 e. The Morgan fingerprint density at radius 1 is 1.31 bits per heavy atom. The lowest BCUT2D eigenvalue weighted by molar-refractivity contribution is -0.384. The van der Waals surface area contributed by atoms with Gasteiger partial charge in [0.1, 0.15) is 5.75 Å². The molecule has 0 unspecified atom stereocenters. The van der Waals surface area contributed by atoms with Crippen LogP contribution in [0.2, 0.25) is 0 Å². The number of thiocarbonyl (C=S) groups is 1. The molecule has 0 spiro atoms. The predicted molar refractivity (Wildman–Crippen MR) is 100 cm³/mol. The van der Waals surface area contributed by atoms with Crippen LogP contribution in [-0.4, -0.2) is 27.2 Å². The van der Waals surface area contributed by atoms with Crippen LogP contribution in [0.15, 0.2) is 52.7 Å². The third-order valence-electron chi connectivity index (χ3n) is 3.53. The van der Waals surface area contributed by atoms with Crippen LogP contribution >= 0.6 is 12.2 Å². The molecule has 0 bridgehead atoms. The van der Waals surface area contributed by atoms with E-state index in [4.69, 9.17) is 17.0 Å². The van der Waals surface area contributed by atoms with E-state index in [2.05, 4.69) is 20.5 Å². The number of aromatic hydroxyl groups is 1. The number of rotatable bonds is 4. The smallest absolute Gasteiger partial charge is 0.270 e. The van der Waals surface area contributed by atoms with Crippen LogP contribution in [-0.2, 0) is 0 Å². The second-order valence-electron chi connectivity index (χ2n) is 5.17. The number of hydrogen-bond acceptors (Lipinski definition) is 6. The van der Waals surface area contributed by atoms with Gasteiger partial charge in [-0.1, -0.05) is 0 Å². The highest BCUT2D eigenvalue weighted by Crippen LogP contribution is 2.37. The normalized spacial score (nSPS) is 11.0. The van der Waals surface area contributed by atoms with Crippen molar-refractivity contribution in [2.45, 2.75) is 0 Å².